The van der Waals surface area contributed by atoms with E-state index in [-0.39, 0.29) is 6.10 Å². The first-order valence-corrected chi connectivity index (χ1v) is 5.44. The molecule has 0 saturated carbocycles. The van der Waals surface area contributed by atoms with Crippen LogP contribution in [0.15, 0.2) is 11.6 Å². The molecule has 78 valence electrons. The van der Waals surface area contributed by atoms with Gasteiger partial charge in [-0.25, -0.2) is 0 Å². The maximum atomic E-state index is 9.83. The summed E-state index contributed by atoms with van der Waals surface area (Å²) in [5, 5.41) is 9.83. The van der Waals surface area contributed by atoms with Crippen LogP contribution in [0.3, 0.4) is 0 Å². The van der Waals surface area contributed by atoms with Crippen molar-refractivity contribution in [3.05, 3.63) is 11.6 Å². The number of unbranched alkanes of at least 4 members (excludes halogenated alkanes) is 1. The molecule has 0 aromatic heterocycles. The fourth-order valence-electron chi connectivity index (χ4n) is 1.56. The highest BCUT2D eigenvalue weighted by Crippen LogP contribution is 2.18. The van der Waals surface area contributed by atoms with E-state index in [1.165, 1.54) is 18.4 Å². The van der Waals surface area contributed by atoms with Gasteiger partial charge in [-0.15, -0.1) is 0 Å². The van der Waals surface area contributed by atoms with Crippen LogP contribution in [0.25, 0.3) is 0 Å². The minimum atomic E-state index is -0.235. The summed E-state index contributed by atoms with van der Waals surface area (Å²) in [6.45, 7) is 8.42. The van der Waals surface area contributed by atoms with Gasteiger partial charge in [-0.2, -0.15) is 0 Å². The third-order valence-corrected chi connectivity index (χ3v) is 2.44. The number of hydrogen-bond donors (Lipinski definition) is 1. The number of aliphatic hydroxyl groups is 1. The van der Waals surface area contributed by atoms with Crippen molar-refractivity contribution >= 4 is 0 Å². The third kappa shape index (κ3) is 5.87. The Labute approximate surface area is 82.9 Å². The normalized spacial score (nSPS) is 15.2. The highest BCUT2D eigenvalue weighted by atomic mass is 16.3. The van der Waals surface area contributed by atoms with Crippen molar-refractivity contribution < 1.29 is 5.11 Å². The fourth-order valence-corrected chi connectivity index (χ4v) is 1.56. The molecule has 2 atom stereocenters. The second-order valence-electron chi connectivity index (χ2n) is 4.05. The van der Waals surface area contributed by atoms with Crippen LogP contribution in [-0.4, -0.2) is 11.2 Å². The number of aliphatic hydroxyl groups excluding tert-OH is 1. The van der Waals surface area contributed by atoms with Crippen LogP contribution in [-0.2, 0) is 0 Å². The molecule has 0 fully saturated rings. The smallest absolute Gasteiger partial charge is 0.0751 e. The van der Waals surface area contributed by atoms with Crippen molar-refractivity contribution in [1.82, 2.24) is 0 Å². The van der Waals surface area contributed by atoms with E-state index in [0.717, 1.165) is 12.8 Å². The predicted molar refractivity (Wildman–Crippen MR) is 58.7 cm³/mol. The molecule has 0 heterocycles. The van der Waals surface area contributed by atoms with E-state index >= 15 is 0 Å². The lowest BCUT2D eigenvalue weighted by Crippen LogP contribution is -2.17. The Morgan fingerprint density at radius 3 is 2.31 bits per heavy atom. The fraction of sp³-hybridized carbons (Fsp3) is 0.833. The molecule has 0 aromatic rings. The summed E-state index contributed by atoms with van der Waals surface area (Å²) in [4.78, 5) is 0. The molecule has 2 unspecified atom stereocenters. The van der Waals surface area contributed by atoms with Crippen LogP contribution in [0.1, 0.15) is 53.4 Å². The van der Waals surface area contributed by atoms with E-state index < -0.39 is 0 Å². The molecule has 1 N–H and O–H groups in total. The Morgan fingerprint density at radius 2 is 1.92 bits per heavy atom. The van der Waals surface area contributed by atoms with Crippen molar-refractivity contribution in [2.24, 2.45) is 5.92 Å². The van der Waals surface area contributed by atoms with Crippen LogP contribution in [0.5, 0.6) is 0 Å². The van der Waals surface area contributed by atoms with E-state index in [1.807, 2.05) is 19.9 Å². The maximum Gasteiger partial charge on any atom is 0.0751 e. The second kappa shape index (κ2) is 7.14. The van der Waals surface area contributed by atoms with Gasteiger partial charge in [0.1, 0.15) is 0 Å². The Bertz CT molecular complexity index is 145. The summed E-state index contributed by atoms with van der Waals surface area (Å²) in [5.74, 6) is 0.454. The largest absolute Gasteiger partial charge is 0.389 e. The molecule has 0 aliphatic rings. The Hall–Kier alpha value is -0.300. The molecule has 0 spiro atoms. The lowest BCUT2D eigenvalue weighted by atomic mass is 9.92. The lowest BCUT2D eigenvalue weighted by Gasteiger charge is -2.18. The summed E-state index contributed by atoms with van der Waals surface area (Å²) in [5.41, 5.74) is 1.21. The Balaban J connectivity index is 3.99. The van der Waals surface area contributed by atoms with Gasteiger partial charge in [-0.3, -0.25) is 0 Å². The van der Waals surface area contributed by atoms with Gasteiger partial charge in [0.05, 0.1) is 6.10 Å². The molecule has 0 saturated heterocycles. The highest BCUT2D eigenvalue weighted by molar-refractivity contribution is 4.99. The molecule has 0 amide bonds. The molecule has 0 aliphatic heterocycles. The standard InChI is InChI=1S/C12H24O/c1-5-7-8-11(6-2)12(13)9-10(3)4/h9,11-13H,5-8H2,1-4H3. The molecule has 0 aromatic carbocycles. The maximum absolute atomic E-state index is 9.83. The number of rotatable bonds is 6. The monoisotopic (exact) mass is 184 g/mol. The summed E-state index contributed by atoms with van der Waals surface area (Å²) < 4.78 is 0. The first-order valence-electron chi connectivity index (χ1n) is 5.44. The van der Waals surface area contributed by atoms with Gasteiger partial charge < -0.3 is 5.11 Å². The molecule has 0 radical (unpaired) electrons. The number of hydrogen-bond acceptors (Lipinski definition) is 1. The molecule has 0 bridgehead atoms. The first kappa shape index (κ1) is 12.7. The summed E-state index contributed by atoms with van der Waals surface area (Å²) in [7, 11) is 0. The van der Waals surface area contributed by atoms with E-state index in [1.54, 1.807) is 0 Å². The molecule has 1 heteroatoms. The molecule has 0 aliphatic carbocycles. The van der Waals surface area contributed by atoms with Crippen LogP contribution < -0.4 is 0 Å². The quantitative estimate of drug-likeness (QED) is 0.626. The summed E-state index contributed by atoms with van der Waals surface area (Å²) >= 11 is 0. The van der Waals surface area contributed by atoms with E-state index in [4.69, 9.17) is 0 Å². The third-order valence-electron chi connectivity index (χ3n) is 2.44. The van der Waals surface area contributed by atoms with E-state index in [0.29, 0.717) is 5.92 Å². The second-order valence-corrected chi connectivity index (χ2v) is 4.05. The minimum Gasteiger partial charge on any atom is -0.389 e. The van der Waals surface area contributed by atoms with Gasteiger partial charge >= 0.3 is 0 Å². The lowest BCUT2D eigenvalue weighted by molar-refractivity contribution is 0.141. The molecular formula is C12H24O. The Morgan fingerprint density at radius 1 is 1.31 bits per heavy atom. The zero-order valence-corrected chi connectivity index (χ0v) is 9.51. The van der Waals surface area contributed by atoms with Crippen molar-refractivity contribution in [3.8, 4) is 0 Å². The zero-order valence-electron chi connectivity index (χ0n) is 9.51. The Kier molecular flexibility index (Phi) is 6.97. The van der Waals surface area contributed by atoms with Gasteiger partial charge in [0.2, 0.25) is 0 Å². The molecular weight excluding hydrogens is 160 g/mol. The topological polar surface area (TPSA) is 20.2 Å². The molecule has 13 heavy (non-hydrogen) atoms. The number of allylic oxidation sites excluding steroid dienone is 1. The first-order chi connectivity index (χ1) is 6.11. The van der Waals surface area contributed by atoms with Gasteiger partial charge in [-0.05, 0) is 26.2 Å². The predicted octanol–water partition coefficient (Wildman–Crippen LogP) is 3.53. The molecule has 0 rings (SSSR count). The van der Waals surface area contributed by atoms with Crippen molar-refractivity contribution in [2.75, 3.05) is 0 Å². The van der Waals surface area contributed by atoms with Crippen LogP contribution >= 0.6 is 0 Å². The van der Waals surface area contributed by atoms with E-state index in [2.05, 4.69) is 13.8 Å². The van der Waals surface area contributed by atoms with Crippen molar-refractivity contribution in [2.45, 2.75) is 59.5 Å². The van der Waals surface area contributed by atoms with Crippen LogP contribution in [0, 0.1) is 5.92 Å². The van der Waals surface area contributed by atoms with E-state index in [9.17, 15) is 5.11 Å². The van der Waals surface area contributed by atoms with Gasteiger partial charge in [0.25, 0.3) is 0 Å². The van der Waals surface area contributed by atoms with Gasteiger partial charge in [0.15, 0.2) is 0 Å². The molecule has 1 nitrogen and oxygen atoms in total. The van der Waals surface area contributed by atoms with Crippen molar-refractivity contribution in [3.63, 3.8) is 0 Å². The summed E-state index contributed by atoms with van der Waals surface area (Å²) in [6, 6.07) is 0. The van der Waals surface area contributed by atoms with Gasteiger partial charge in [0, 0.05) is 0 Å². The zero-order chi connectivity index (χ0) is 10.3. The highest BCUT2D eigenvalue weighted by Gasteiger charge is 2.13. The van der Waals surface area contributed by atoms with Crippen LogP contribution in [0.2, 0.25) is 0 Å². The SMILES string of the molecule is CCCCC(CC)C(O)C=C(C)C. The van der Waals surface area contributed by atoms with Crippen LogP contribution in [0.4, 0.5) is 0 Å². The summed E-state index contributed by atoms with van der Waals surface area (Å²) in [6.07, 6.45) is 6.42. The average Bonchev–Trinajstić information content (AvgIpc) is 2.04. The van der Waals surface area contributed by atoms with Crippen molar-refractivity contribution in [1.29, 1.82) is 0 Å². The minimum absolute atomic E-state index is 0.235. The van der Waals surface area contributed by atoms with Gasteiger partial charge in [-0.1, -0.05) is 44.8 Å². The average molecular weight is 184 g/mol.